The Balaban J connectivity index is 2.25. The Bertz CT molecular complexity index is 527. The Hall–Kier alpha value is -1.20. The van der Waals surface area contributed by atoms with Crippen molar-refractivity contribution in [1.82, 2.24) is 5.32 Å². The summed E-state index contributed by atoms with van der Waals surface area (Å²) < 4.78 is 0. The Morgan fingerprint density at radius 1 is 1.47 bits per heavy atom. The molecule has 1 fully saturated rings. The fourth-order valence-electron chi connectivity index (χ4n) is 2.01. The molecule has 1 aliphatic rings. The van der Waals surface area contributed by atoms with Gasteiger partial charge in [0.2, 0.25) is 0 Å². The van der Waals surface area contributed by atoms with Crippen molar-refractivity contribution in [2.75, 3.05) is 11.5 Å². The maximum absolute atomic E-state index is 12.2. The largest absolute Gasteiger partial charge is 0.479 e. The Kier molecular flexibility index (Phi) is 4.06. The number of aliphatic carboxylic acids is 1. The van der Waals surface area contributed by atoms with E-state index in [-0.39, 0.29) is 5.91 Å². The number of hydrogen-bond donors (Lipinski definition) is 2. The van der Waals surface area contributed by atoms with Gasteiger partial charge in [-0.05, 0) is 36.8 Å². The SMILES string of the molecule is Cc1ccc(Cl)cc1C(=O)NC1(C(=O)O)CCSC1. The van der Waals surface area contributed by atoms with E-state index in [9.17, 15) is 14.7 Å². The summed E-state index contributed by atoms with van der Waals surface area (Å²) in [7, 11) is 0. The van der Waals surface area contributed by atoms with Crippen molar-refractivity contribution in [3.05, 3.63) is 34.3 Å². The molecule has 1 amide bonds. The van der Waals surface area contributed by atoms with Gasteiger partial charge in [0.15, 0.2) is 0 Å². The molecule has 102 valence electrons. The van der Waals surface area contributed by atoms with Gasteiger partial charge in [-0.2, -0.15) is 11.8 Å². The lowest BCUT2D eigenvalue weighted by Gasteiger charge is -2.25. The number of aryl methyl sites for hydroxylation is 1. The van der Waals surface area contributed by atoms with Crippen molar-refractivity contribution in [3.8, 4) is 0 Å². The molecule has 0 bridgehead atoms. The number of carboxylic acids is 1. The molecule has 0 saturated carbocycles. The number of nitrogens with one attached hydrogen (secondary N) is 1. The molecule has 4 nitrogen and oxygen atoms in total. The normalized spacial score (nSPS) is 22.2. The van der Waals surface area contributed by atoms with Crippen molar-refractivity contribution in [2.24, 2.45) is 0 Å². The van der Waals surface area contributed by atoms with E-state index in [1.54, 1.807) is 25.1 Å². The summed E-state index contributed by atoms with van der Waals surface area (Å²) in [6, 6.07) is 5.00. The lowest BCUT2D eigenvalue weighted by molar-refractivity contribution is -0.143. The van der Waals surface area contributed by atoms with Crippen LogP contribution >= 0.6 is 23.4 Å². The minimum atomic E-state index is -1.16. The van der Waals surface area contributed by atoms with E-state index in [0.29, 0.717) is 22.8 Å². The quantitative estimate of drug-likeness (QED) is 0.899. The van der Waals surface area contributed by atoms with Gasteiger partial charge in [-0.15, -0.1) is 0 Å². The number of carbonyl (C=O) groups is 2. The van der Waals surface area contributed by atoms with Gasteiger partial charge in [0, 0.05) is 16.3 Å². The molecular weight excluding hydrogens is 286 g/mol. The van der Waals surface area contributed by atoms with Crippen LogP contribution in [0.5, 0.6) is 0 Å². The smallest absolute Gasteiger partial charge is 0.330 e. The number of benzene rings is 1. The van der Waals surface area contributed by atoms with E-state index in [2.05, 4.69) is 5.32 Å². The topological polar surface area (TPSA) is 66.4 Å². The molecule has 1 aromatic rings. The Morgan fingerprint density at radius 3 is 2.79 bits per heavy atom. The Morgan fingerprint density at radius 2 is 2.21 bits per heavy atom. The first-order valence-electron chi connectivity index (χ1n) is 5.84. The minimum Gasteiger partial charge on any atom is -0.479 e. The molecule has 1 aliphatic heterocycles. The monoisotopic (exact) mass is 299 g/mol. The third-order valence-corrected chi connectivity index (χ3v) is 4.65. The van der Waals surface area contributed by atoms with Gasteiger partial charge in [-0.3, -0.25) is 4.79 Å². The van der Waals surface area contributed by atoms with Crippen molar-refractivity contribution in [3.63, 3.8) is 0 Å². The molecule has 19 heavy (non-hydrogen) atoms. The van der Waals surface area contributed by atoms with Crippen LogP contribution in [-0.4, -0.2) is 34.0 Å². The predicted molar refractivity (Wildman–Crippen MR) is 76.0 cm³/mol. The van der Waals surface area contributed by atoms with Gasteiger partial charge in [0.25, 0.3) is 5.91 Å². The van der Waals surface area contributed by atoms with Crippen LogP contribution in [0.25, 0.3) is 0 Å². The predicted octanol–water partition coefficient (Wildman–Crippen LogP) is 2.34. The van der Waals surface area contributed by atoms with Crippen LogP contribution < -0.4 is 5.32 Å². The molecule has 1 unspecified atom stereocenters. The summed E-state index contributed by atoms with van der Waals surface area (Å²) in [5, 5.41) is 12.4. The van der Waals surface area contributed by atoms with Crippen LogP contribution in [-0.2, 0) is 4.79 Å². The highest BCUT2D eigenvalue weighted by Gasteiger charge is 2.43. The summed E-state index contributed by atoms with van der Waals surface area (Å²) in [5.74, 6) is -0.232. The first kappa shape index (κ1) is 14.2. The van der Waals surface area contributed by atoms with Gasteiger partial charge in [0.05, 0.1) is 0 Å². The third kappa shape index (κ3) is 2.87. The summed E-state index contributed by atoms with van der Waals surface area (Å²) in [4.78, 5) is 23.6. The zero-order valence-corrected chi connectivity index (χ0v) is 12.0. The zero-order valence-electron chi connectivity index (χ0n) is 10.4. The molecule has 0 radical (unpaired) electrons. The van der Waals surface area contributed by atoms with Crippen LogP contribution in [0.4, 0.5) is 0 Å². The summed E-state index contributed by atoms with van der Waals surface area (Å²) >= 11 is 7.41. The highest BCUT2D eigenvalue weighted by molar-refractivity contribution is 7.99. The number of rotatable bonds is 3. The van der Waals surface area contributed by atoms with E-state index < -0.39 is 11.5 Å². The number of amides is 1. The maximum Gasteiger partial charge on any atom is 0.330 e. The average molecular weight is 300 g/mol. The second kappa shape index (κ2) is 5.43. The van der Waals surface area contributed by atoms with Crippen LogP contribution in [0.2, 0.25) is 5.02 Å². The molecule has 1 heterocycles. The van der Waals surface area contributed by atoms with Crippen LogP contribution in [0.15, 0.2) is 18.2 Å². The second-order valence-electron chi connectivity index (χ2n) is 4.60. The summed E-state index contributed by atoms with van der Waals surface area (Å²) in [6.07, 6.45) is 0.443. The maximum atomic E-state index is 12.2. The summed E-state index contributed by atoms with van der Waals surface area (Å²) in [6.45, 7) is 1.79. The highest BCUT2D eigenvalue weighted by Crippen LogP contribution is 2.29. The van der Waals surface area contributed by atoms with Crippen molar-refractivity contribution in [1.29, 1.82) is 0 Å². The number of halogens is 1. The fourth-order valence-corrected chi connectivity index (χ4v) is 3.51. The third-order valence-electron chi connectivity index (χ3n) is 3.23. The van der Waals surface area contributed by atoms with Crippen molar-refractivity contribution >= 4 is 35.2 Å². The van der Waals surface area contributed by atoms with Gasteiger partial charge < -0.3 is 10.4 Å². The molecule has 1 aromatic carbocycles. The second-order valence-corrected chi connectivity index (χ2v) is 6.14. The lowest BCUT2D eigenvalue weighted by atomic mass is 9.98. The van der Waals surface area contributed by atoms with Gasteiger partial charge in [0.1, 0.15) is 5.54 Å². The summed E-state index contributed by atoms with van der Waals surface area (Å²) in [5.41, 5.74) is 0.0365. The molecule has 2 rings (SSSR count). The standard InChI is InChI=1S/C13H14ClNO3S/c1-8-2-3-9(14)6-10(8)11(16)15-13(12(17)18)4-5-19-7-13/h2-3,6H,4-5,7H2,1H3,(H,15,16)(H,17,18). The van der Waals surface area contributed by atoms with E-state index >= 15 is 0 Å². The molecule has 1 atom stereocenters. The van der Waals surface area contributed by atoms with Crippen LogP contribution in [0, 0.1) is 6.92 Å². The fraction of sp³-hybridized carbons (Fsp3) is 0.385. The molecule has 0 aliphatic carbocycles. The van der Waals surface area contributed by atoms with Gasteiger partial charge in [-0.25, -0.2) is 4.79 Å². The molecule has 2 N–H and O–H groups in total. The van der Waals surface area contributed by atoms with Gasteiger partial charge in [-0.1, -0.05) is 17.7 Å². The lowest BCUT2D eigenvalue weighted by Crippen LogP contribution is -2.54. The molecular formula is C13H14ClNO3S. The van der Waals surface area contributed by atoms with E-state index in [4.69, 9.17) is 11.6 Å². The van der Waals surface area contributed by atoms with Crippen LogP contribution in [0.1, 0.15) is 22.3 Å². The number of carboxylic acid groups (broad SMARTS) is 1. The van der Waals surface area contributed by atoms with Crippen molar-refractivity contribution in [2.45, 2.75) is 18.9 Å². The van der Waals surface area contributed by atoms with Crippen LogP contribution in [0.3, 0.4) is 0 Å². The number of thioether (sulfide) groups is 1. The molecule has 1 saturated heterocycles. The molecule has 0 spiro atoms. The average Bonchev–Trinajstić information content (AvgIpc) is 2.82. The van der Waals surface area contributed by atoms with E-state index in [1.165, 1.54) is 11.8 Å². The van der Waals surface area contributed by atoms with Gasteiger partial charge >= 0.3 is 5.97 Å². The minimum absolute atomic E-state index is 0.384. The Labute approximate surface area is 120 Å². The number of carbonyl (C=O) groups excluding carboxylic acids is 1. The van der Waals surface area contributed by atoms with E-state index in [1.807, 2.05) is 0 Å². The zero-order chi connectivity index (χ0) is 14.0. The number of hydrogen-bond acceptors (Lipinski definition) is 3. The molecule has 0 aromatic heterocycles. The highest BCUT2D eigenvalue weighted by atomic mass is 35.5. The first-order chi connectivity index (χ1) is 8.94. The molecule has 6 heteroatoms. The van der Waals surface area contributed by atoms with E-state index in [0.717, 1.165) is 11.3 Å². The van der Waals surface area contributed by atoms with Crippen molar-refractivity contribution < 1.29 is 14.7 Å². The first-order valence-corrected chi connectivity index (χ1v) is 7.38.